The van der Waals surface area contributed by atoms with E-state index in [-0.39, 0.29) is 11.8 Å². The predicted octanol–water partition coefficient (Wildman–Crippen LogP) is 2.89. The molecule has 1 aromatic heterocycles. The van der Waals surface area contributed by atoms with Gasteiger partial charge in [0.25, 0.3) is 0 Å². The maximum atomic E-state index is 10.3. The first-order valence-corrected chi connectivity index (χ1v) is 6.38. The summed E-state index contributed by atoms with van der Waals surface area (Å²) in [5, 5.41) is 21.5. The van der Waals surface area contributed by atoms with Crippen LogP contribution in [0.5, 0.6) is 0 Å². The van der Waals surface area contributed by atoms with Crippen LogP contribution in [0.1, 0.15) is 42.6 Å². The lowest BCUT2D eigenvalue weighted by molar-refractivity contribution is -0.0110. The molecule has 3 heteroatoms. The largest absolute Gasteiger partial charge is 0.464 e. The number of aliphatic hydroxyl groups excluding tert-OH is 2. The van der Waals surface area contributed by atoms with E-state index in [9.17, 15) is 10.2 Å². The molecule has 2 N–H and O–H groups in total. The third-order valence-corrected chi connectivity index (χ3v) is 3.97. The maximum Gasteiger partial charge on any atom is 0.134 e. The molecule has 18 heavy (non-hydrogen) atoms. The van der Waals surface area contributed by atoms with Crippen molar-refractivity contribution in [1.29, 1.82) is 0 Å². The van der Waals surface area contributed by atoms with Gasteiger partial charge in [-0.25, -0.2) is 0 Å². The lowest BCUT2D eigenvalue weighted by Crippen LogP contribution is -2.32. The molecule has 96 valence electrons. The second kappa shape index (κ2) is 3.84. The van der Waals surface area contributed by atoms with Crippen molar-refractivity contribution in [2.24, 2.45) is 5.92 Å². The molecule has 3 rings (SSSR count). The van der Waals surface area contributed by atoms with E-state index in [1.165, 1.54) is 0 Å². The third-order valence-electron chi connectivity index (χ3n) is 3.97. The molecular weight excluding hydrogens is 228 g/mol. The van der Waals surface area contributed by atoms with E-state index >= 15 is 0 Å². The zero-order valence-electron chi connectivity index (χ0n) is 10.8. The molecule has 0 saturated carbocycles. The Kier molecular flexibility index (Phi) is 2.50. The second-order valence-corrected chi connectivity index (χ2v) is 5.62. The lowest BCUT2D eigenvalue weighted by Gasteiger charge is -2.34. The normalized spacial score (nSPS) is 27.1. The first-order valence-electron chi connectivity index (χ1n) is 6.38. The highest BCUT2D eigenvalue weighted by Crippen LogP contribution is 2.46. The van der Waals surface area contributed by atoms with Crippen LogP contribution in [0.25, 0.3) is 11.0 Å². The van der Waals surface area contributed by atoms with Gasteiger partial charge in [-0.2, -0.15) is 0 Å². The summed E-state index contributed by atoms with van der Waals surface area (Å²) in [6.07, 6.45) is -0.0492. The molecule has 1 aliphatic carbocycles. The molecule has 1 heterocycles. The highest BCUT2D eigenvalue weighted by atomic mass is 16.3. The van der Waals surface area contributed by atoms with Crippen molar-refractivity contribution in [1.82, 2.24) is 0 Å². The summed E-state index contributed by atoms with van der Waals surface area (Å²) >= 11 is 0. The summed E-state index contributed by atoms with van der Waals surface area (Å²) in [5.74, 6) is 0.218. The van der Waals surface area contributed by atoms with E-state index in [0.717, 1.165) is 22.1 Å². The number of aliphatic hydroxyl groups is 2. The molecule has 1 aliphatic rings. The van der Waals surface area contributed by atoms with Gasteiger partial charge in [-0.1, -0.05) is 19.9 Å². The van der Waals surface area contributed by atoms with Gasteiger partial charge >= 0.3 is 0 Å². The fraction of sp³-hybridized carbons (Fsp3) is 0.467. The molecule has 0 amide bonds. The Bertz CT molecular complexity index is 597. The van der Waals surface area contributed by atoms with Gasteiger partial charge in [0.15, 0.2) is 0 Å². The Balaban J connectivity index is 2.35. The second-order valence-electron chi connectivity index (χ2n) is 5.62. The molecule has 0 fully saturated rings. The van der Waals surface area contributed by atoms with Crippen molar-refractivity contribution in [3.63, 3.8) is 0 Å². The molecule has 3 nitrogen and oxygen atoms in total. The predicted molar refractivity (Wildman–Crippen MR) is 69.5 cm³/mol. The molecule has 0 unspecified atom stereocenters. The van der Waals surface area contributed by atoms with E-state index in [1.54, 1.807) is 6.26 Å². The quantitative estimate of drug-likeness (QED) is 0.813. The van der Waals surface area contributed by atoms with Crippen LogP contribution in [0.15, 0.2) is 22.8 Å². The van der Waals surface area contributed by atoms with Gasteiger partial charge in [-0.15, -0.1) is 0 Å². The summed E-state index contributed by atoms with van der Waals surface area (Å²) < 4.78 is 5.52. The topological polar surface area (TPSA) is 53.6 Å². The van der Waals surface area contributed by atoms with Gasteiger partial charge in [0.2, 0.25) is 0 Å². The Labute approximate surface area is 106 Å². The van der Waals surface area contributed by atoms with Gasteiger partial charge in [0.1, 0.15) is 11.7 Å². The first kappa shape index (κ1) is 11.8. The van der Waals surface area contributed by atoms with Crippen molar-refractivity contribution < 1.29 is 14.6 Å². The SMILES string of the molecule is Cc1cc2c3c(coc3c1)[C@H](O)[C@H](O)[C@@H]2C(C)C. The molecular formula is C15H18O3. The van der Waals surface area contributed by atoms with Gasteiger partial charge in [-0.05, 0) is 30.0 Å². The summed E-state index contributed by atoms with van der Waals surface area (Å²) in [6, 6.07) is 4.07. The van der Waals surface area contributed by atoms with E-state index in [0.29, 0.717) is 5.56 Å². The minimum Gasteiger partial charge on any atom is -0.464 e. The zero-order chi connectivity index (χ0) is 13.0. The minimum absolute atomic E-state index is 0.0486. The van der Waals surface area contributed by atoms with Crippen molar-refractivity contribution in [2.45, 2.75) is 38.9 Å². The molecule has 0 aliphatic heterocycles. The average Bonchev–Trinajstić information content (AvgIpc) is 2.69. The molecule has 0 bridgehead atoms. The van der Waals surface area contributed by atoms with Crippen molar-refractivity contribution in [2.75, 3.05) is 0 Å². The Morgan fingerprint density at radius 2 is 1.89 bits per heavy atom. The maximum absolute atomic E-state index is 10.3. The van der Waals surface area contributed by atoms with Gasteiger partial charge in [0, 0.05) is 16.9 Å². The van der Waals surface area contributed by atoms with Crippen LogP contribution >= 0.6 is 0 Å². The molecule has 2 aromatic rings. The molecule has 0 saturated heterocycles. The van der Waals surface area contributed by atoms with Crippen molar-refractivity contribution in [3.05, 3.63) is 35.1 Å². The highest BCUT2D eigenvalue weighted by Gasteiger charge is 2.39. The average molecular weight is 246 g/mol. The number of rotatable bonds is 1. The third kappa shape index (κ3) is 1.44. The summed E-state index contributed by atoms with van der Waals surface area (Å²) in [6.45, 7) is 6.16. The van der Waals surface area contributed by atoms with Gasteiger partial charge in [-0.3, -0.25) is 0 Å². The van der Waals surface area contributed by atoms with Gasteiger partial charge < -0.3 is 14.6 Å². The van der Waals surface area contributed by atoms with Crippen LogP contribution in [-0.4, -0.2) is 16.3 Å². The van der Waals surface area contributed by atoms with E-state index in [1.807, 2.05) is 13.0 Å². The fourth-order valence-electron chi connectivity index (χ4n) is 3.17. The van der Waals surface area contributed by atoms with Crippen LogP contribution in [-0.2, 0) is 0 Å². The van der Waals surface area contributed by atoms with Crippen LogP contribution in [0, 0.1) is 12.8 Å². The first-order chi connectivity index (χ1) is 8.50. The smallest absolute Gasteiger partial charge is 0.134 e. The number of aryl methyl sites for hydroxylation is 1. The lowest BCUT2D eigenvalue weighted by atomic mass is 9.74. The monoisotopic (exact) mass is 246 g/mol. The Hall–Kier alpha value is -1.32. The number of hydrogen-bond donors (Lipinski definition) is 2. The van der Waals surface area contributed by atoms with Gasteiger partial charge in [0.05, 0.1) is 12.4 Å². The molecule has 3 atom stereocenters. The van der Waals surface area contributed by atoms with Crippen molar-refractivity contribution in [3.8, 4) is 0 Å². The minimum atomic E-state index is -0.853. The van der Waals surface area contributed by atoms with E-state index in [2.05, 4.69) is 19.9 Å². The highest BCUT2D eigenvalue weighted by molar-refractivity contribution is 5.87. The van der Waals surface area contributed by atoms with Crippen LogP contribution in [0.2, 0.25) is 0 Å². The Morgan fingerprint density at radius 1 is 1.17 bits per heavy atom. The van der Waals surface area contributed by atoms with E-state index in [4.69, 9.17) is 4.42 Å². The van der Waals surface area contributed by atoms with Crippen LogP contribution < -0.4 is 0 Å². The zero-order valence-corrected chi connectivity index (χ0v) is 10.8. The standard InChI is InChI=1S/C15H18O3/c1-7(2)12-9-4-8(3)5-11-13(9)10(6-18-11)14(16)15(12)17/h4-7,12,14-17H,1-3H3/t12-,14+,15-/m1/s1. The molecule has 1 aromatic carbocycles. The fourth-order valence-corrected chi connectivity index (χ4v) is 3.17. The van der Waals surface area contributed by atoms with Crippen LogP contribution in [0.3, 0.4) is 0 Å². The number of benzene rings is 1. The summed E-state index contributed by atoms with van der Waals surface area (Å²) in [7, 11) is 0. The molecule has 0 radical (unpaired) electrons. The Morgan fingerprint density at radius 3 is 2.56 bits per heavy atom. The van der Waals surface area contributed by atoms with Crippen LogP contribution in [0.4, 0.5) is 0 Å². The van der Waals surface area contributed by atoms with Crippen molar-refractivity contribution >= 4 is 11.0 Å². The summed E-state index contributed by atoms with van der Waals surface area (Å²) in [5.41, 5.74) is 3.73. The van der Waals surface area contributed by atoms with E-state index < -0.39 is 12.2 Å². The number of hydrogen-bond acceptors (Lipinski definition) is 3. The summed E-state index contributed by atoms with van der Waals surface area (Å²) in [4.78, 5) is 0. The number of furan rings is 1. The molecule has 0 spiro atoms.